The Morgan fingerprint density at radius 2 is 1.76 bits per heavy atom. The summed E-state index contributed by atoms with van der Waals surface area (Å²) in [6, 6.07) is 9.23. The number of anilines is 1. The van der Waals surface area contributed by atoms with Crippen LogP contribution in [0.15, 0.2) is 72.7 Å². The highest BCUT2D eigenvalue weighted by molar-refractivity contribution is 6.51. The second kappa shape index (κ2) is 7.23. The van der Waals surface area contributed by atoms with Gasteiger partial charge in [-0.2, -0.15) is 0 Å². The Bertz CT molecular complexity index is 1130. The van der Waals surface area contributed by atoms with Crippen LogP contribution in [0.5, 0.6) is 0 Å². The first kappa shape index (κ1) is 18.4. The number of aliphatic hydroxyl groups is 1. The quantitative estimate of drug-likeness (QED) is 0.419. The molecule has 1 unspecified atom stereocenters. The Morgan fingerprint density at radius 3 is 2.41 bits per heavy atom. The third-order valence-corrected chi connectivity index (χ3v) is 4.54. The van der Waals surface area contributed by atoms with Crippen molar-refractivity contribution in [3.63, 3.8) is 0 Å². The van der Waals surface area contributed by atoms with Gasteiger partial charge in [0.1, 0.15) is 23.4 Å². The van der Waals surface area contributed by atoms with Gasteiger partial charge in [-0.05, 0) is 36.4 Å². The van der Waals surface area contributed by atoms with Gasteiger partial charge in [-0.25, -0.2) is 8.78 Å². The van der Waals surface area contributed by atoms with E-state index in [2.05, 4.69) is 9.97 Å². The lowest BCUT2D eigenvalue weighted by molar-refractivity contribution is -0.132. The number of amides is 1. The zero-order chi connectivity index (χ0) is 20.5. The second-order valence-electron chi connectivity index (χ2n) is 6.26. The molecule has 1 fully saturated rings. The lowest BCUT2D eigenvalue weighted by Gasteiger charge is -2.24. The van der Waals surface area contributed by atoms with Gasteiger partial charge in [0, 0.05) is 30.2 Å². The standard InChI is InChI=1S/C21H13F2N3O3/c22-13-4-5-16(14(23)11-13)26-18(15-3-1-2-8-25-15)17(20(28)21(26)29)19(27)12-6-9-24-10-7-12/h1-11,18,27H/b19-17+. The predicted octanol–water partition coefficient (Wildman–Crippen LogP) is 3.38. The summed E-state index contributed by atoms with van der Waals surface area (Å²) < 4.78 is 27.9. The lowest BCUT2D eigenvalue weighted by atomic mass is 9.98. The molecule has 1 aromatic carbocycles. The molecule has 144 valence electrons. The summed E-state index contributed by atoms with van der Waals surface area (Å²) in [5.74, 6) is -4.34. The number of halogens is 2. The molecule has 3 heterocycles. The lowest BCUT2D eigenvalue weighted by Crippen LogP contribution is -2.30. The number of carbonyl (C=O) groups is 2. The van der Waals surface area contributed by atoms with E-state index < -0.39 is 35.1 Å². The number of pyridine rings is 2. The van der Waals surface area contributed by atoms with Gasteiger partial charge in [0.15, 0.2) is 0 Å². The monoisotopic (exact) mass is 393 g/mol. The summed E-state index contributed by atoms with van der Waals surface area (Å²) in [7, 11) is 0. The molecule has 4 rings (SSSR count). The molecule has 0 aliphatic carbocycles. The van der Waals surface area contributed by atoms with Gasteiger partial charge in [-0.3, -0.25) is 24.5 Å². The van der Waals surface area contributed by atoms with E-state index in [0.29, 0.717) is 6.07 Å². The number of aliphatic hydroxyl groups excluding tert-OH is 1. The van der Waals surface area contributed by atoms with Crippen LogP contribution in [0.25, 0.3) is 5.76 Å². The summed E-state index contributed by atoms with van der Waals surface area (Å²) in [6.45, 7) is 0. The van der Waals surface area contributed by atoms with Gasteiger partial charge < -0.3 is 5.11 Å². The molecular weight excluding hydrogens is 380 g/mol. The van der Waals surface area contributed by atoms with Crippen molar-refractivity contribution in [1.29, 1.82) is 0 Å². The van der Waals surface area contributed by atoms with E-state index in [-0.39, 0.29) is 22.5 Å². The molecule has 0 radical (unpaired) electrons. The number of hydrogen-bond donors (Lipinski definition) is 1. The van der Waals surface area contributed by atoms with Crippen LogP contribution in [0.4, 0.5) is 14.5 Å². The van der Waals surface area contributed by atoms with Gasteiger partial charge in [-0.15, -0.1) is 0 Å². The van der Waals surface area contributed by atoms with Crippen LogP contribution in [0.2, 0.25) is 0 Å². The molecule has 0 spiro atoms. The molecule has 0 saturated carbocycles. The number of rotatable bonds is 3. The molecule has 1 saturated heterocycles. The summed E-state index contributed by atoms with van der Waals surface area (Å²) in [5, 5.41) is 10.8. The molecule has 0 bridgehead atoms. The third kappa shape index (κ3) is 3.14. The number of carbonyl (C=O) groups excluding carboxylic acids is 2. The molecule has 1 N–H and O–H groups in total. The fourth-order valence-corrected chi connectivity index (χ4v) is 3.24. The Hall–Kier alpha value is -3.94. The number of hydrogen-bond acceptors (Lipinski definition) is 5. The summed E-state index contributed by atoms with van der Waals surface area (Å²) >= 11 is 0. The first-order chi connectivity index (χ1) is 14.0. The first-order valence-corrected chi connectivity index (χ1v) is 8.56. The number of Topliss-reactive ketones (excluding diaryl/α,β-unsaturated/α-hetero) is 1. The summed E-state index contributed by atoms with van der Waals surface area (Å²) in [6.07, 6.45) is 4.28. The van der Waals surface area contributed by atoms with Gasteiger partial charge in [-0.1, -0.05) is 6.07 Å². The van der Waals surface area contributed by atoms with Crippen molar-refractivity contribution in [1.82, 2.24) is 9.97 Å². The van der Waals surface area contributed by atoms with Crippen molar-refractivity contribution in [3.8, 4) is 0 Å². The van der Waals surface area contributed by atoms with Crippen LogP contribution in [-0.2, 0) is 9.59 Å². The van der Waals surface area contributed by atoms with Crippen LogP contribution in [-0.4, -0.2) is 26.8 Å². The van der Waals surface area contributed by atoms with Crippen LogP contribution >= 0.6 is 0 Å². The van der Waals surface area contributed by atoms with Crippen molar-refractivity contribution in [3.05, 3.63) is 95.6 Å². The van der Waals surface area contributed by atoms with Gasteiger partial charge >= 0.3 is 0 Å². The Morgan fingerprint density at radius 1 is 1.00 bits per heavy atom. The van der Waals surface area contributed by atoms with Gasteiger partial charge in [0.05, 0.1) is 17.0 Å². The van der Waals surface area contributed by atoms with E-state index in [9.17, 15) is 23.5 Å². The minimum Gasteiger partial charge on any atom is -0.507 e. The normalized spacial score (nSPS) is 18.3. The zero-order valence-corrected chi connectivity index (χ0v) is 14.8. The van der Waals surface area contributed by atoms with Crippen molar-refractivity contribution in [2.24, 2.45) is 0 Å². The van der Waals surface area contributed by atoms with Crippen LogP contribution < -0.4 is 4.90 Å². The smallest absolute Gasteiger partial charge is 0.300 e. The predicted molar refractivity (Wildman–Crippen MR) is 99.6 cm³/mol. The average Bonchev–Trinajstić information content (AvgIpc) is 3.00. The van der Waals surface area contributed by atoms with Crippen LogP contribution in [0.3, 0.4) is 0 Å². The number of aromatic nitrogens is 2. The fourth-order valence-electron chi connectivity index (χ4n) is 3.24. The topological polar surface area (TPSA) is 83.4 Å². The highest BCUT2D eigenvalue weighted by Crippen LogP contribution is 2.42. The van der Waals surface area contributed by atoms with E-state index >= 15 is 0 Å². The zero-order valence-electron chi connectivity index (χ0n) is 14.8. The molecule has 29 heavy (non-hydrogen) atoms. The largest absolute Gasteiger partial charge is 0.507 e. The molecule has 1 aliphatic heterocycles. The first-order valence-electron chi connectivity index (χ1n) is 8.56. The molecule has 1 amide bonds. The van der Waals surface area contributed by atoms with Crippen LogP contribution in [0, 0.1) is 11.6 Å². The Balaban J connectivity index is 1.97. The highest BCUT2D eigenvalue weighted by Gasteiger charge is 2.48. The SMILES string of the molecule is O=C1C(=O)N(c2ccc(F)cc2F)C(c2ccccn2)/C1=C(\O)c1ccncc1. The Kier molecular flexibility index (Phi) is 4.59. The molecule has 3 aromatic rings. The van der Waals surface area contributed by atoms with Crippen molar-refractivity contribution in [2.45, 2.75) is 6.04 Å². The Labute approximate surface area is 163 Å². The van der Waals surface area contributed by atoms with Gasteiger partial charge in [0.2, 0.25) is 0 Å². The summed E-state index contributed by atoms with van der Waals surface area (Å²) in [4.78, 5) is 34.5. The van der Waals surface area contributed by atoms with E-state index in [0.717, 1.165) is 17.0 Å². The summed E-state index contributed by atoms with van der Waals surface area (Å²) in [5.41, 5.74) is -0.0360. The maximum atomic E-state index is 14.5. The van der Waals surface area contributed by atoms with E-state index in [1.165, 1.54) is 30.7 Å². The van der Waals surface area contributed by atoms with Crippen molar-refractivity contribution in [2.75, 3.05) is 4.90 Å². The number of benzene rings is 1. The molecule has 8 heteroatoms. The highest BCUT2D eigenvalue weighted by atomic mass is 19.1. The van der Waals surface area contributed by atoms with Gasteiger partial charge in [0.25, 0.3) is 11.7 Å². The maximum Gasteiger partial charge on any atom is 0.300 e. The fraction of sp³-hybridized carbons (Fsp3) is 0.0476. The van der Waals surface area contributed by atoms with E-state index in [1.54, 1.807) is 18.2 Å². The average molecular weight is 393 g/mol. The maximum absolute atomic E-state index is 14.5. The van der Waals surface area contributed by atoms with E-state index in [1.807, 2.05) is 0 Å². The third-order valence-electron chi connectivity index (χ3n) is 4.54. The van der Waals surface area contributed by atoms with Crippen molar-refractivity contribution >= 4 is 23.1 Å². The van der Waals surface area contributed by atoms with Crippen molar-refractivity contribution < 1.29 is 23.5 Å². The molecule has 1 atom stereocenters. The number of ketones is 1. The number of nitrogens with zero attached hydrogens (tertiary/aromatic N) is 3. The molecule has 2 aromatic heterocycles. The molecule has 1 aliphatic rings. The van der Waals surface area contributed by atoms with Crippen LogP contribution in [0.1, 0.15) is 17.3 Å². The minimum absolute atomic E-state index is 0.242. The molecular formula is C21H13F2N3O3. The van der Waals surface area contributed by atoms with E-state index in [4.69, 9.17) is 0 Å². The minimum atomic E-state index is -1.19. The molecule has 6 nitrogen and oxygen atoms in total. The second-order valence-corrected chi connectivity index (χ2v) is 6.26.